The number of hydrogen-bond donors (Lipinski definition) is 0. The van der Waals surface area contributed by atoms with Crippen molar-refractivity contribution in [3.05, 3.63) is 202 Å². The highest BCUT2D eigenvalue weighted by Crippen LogP contribution is 2.43. The van der Waals surface area contributed by atoms with Crippen LogP contribution in [0.2, 0.25) is 0 Å². The summed E-state index contributed by atoms with van der Waals surface area (Å²) in [7, 11) is 11.9. The van der Waals surface area contributed by atoms with Crippen molar-refractivity contribution in [1.82, 2.24) is 0 Å². The molecule has 2 unspecified atom stereocenters. The summed E-state index contributed by atoms with van der Waals surface area (Å²) in [5.74, 6) is 0. The number of hydrogen-bond acceptors (Lipinski definition) is 0. The smallest absolute Gasteiger partial charge is 0.0967 e. The molecule has 0 N–H and O–H groups in total. The Balaban J connectivity index is 1.22. The van der Waals surface area contributed by atoms with Gasteiger partial charge in [0, 0.05) is 20.7 Å². The fraction of sp³-hybridized carbons (Fsp3) is 0.167. The lowest BCUT2D eigenvalue weighted by Crippen LogP contribution is -2.27. The Hall–Kier alpha value is -4.59. The average molecular weight is 719 g/mol. The molecule has 1 aliphatic carbocycles. The quantitative estimate of drug-likeness (QED) is 0.109. The monoisotopic (exact) mass is 718 g/mol. The maximum Gasteiger partial charge on any atom is 0.113 e. The molecular weight excluding hydrogens is 678 g/mol. The predicted molar refractivity (Wildman–Crippen MR) is 223 cm³/mol. The maximum atomic E-state index is 5.98. The van der Waals surface area contributed by atoms with Gasteiger partial charge in [-0.25, -0.2) is 0 Å². The van der Waals surface area contributed by atoms with E-state index in [0.29, 0.717) is 0 Å². The molecular formula is C48H41B2Br. The molecule has 246 valence electrons. The molecule has 0 nitrogen and oxygen atoms in total. The van der Waals surface area contributed by atoms with Crippen LogP contribution in [0.5, 0.6) is 0 Å². The molecule has 0 aromatic heterocycles. The zero-order valence-corrected chi connectivity index (χ0v) is 31.4. The molecule has 0 saturated carbocycles. The third kappa shape index (κ3) is 6.89. The first-order valence-corrected chi connectivity index (χ1v) is 18.4. The van der Waals surface area contributed by atoms with Crippen molar-refractivity contribution < 1.29 is 0 Å². The van der Waals surface area contributed by atoms with Gasteiger partial charge in [0.1, 0.15) is 15.7 Å². The van der Waals surface area contributed by atoms with Gasteiger partial charge in [-0.1, -0.05) is 199 Å². The molecule has 0 saturated heterocycles. The van der Waals surface area contributed by atoms with Crippen molar-refractivity contribution >= 4 is 42.5 Å². The zero-order chi connectivity index (χ0) is 35.8. The van der Waals surface area contributed by atoms with E-state index in [4.69, 9.17) is 15.7 Å². The van der Waals surface area contributed by atoms with Crippen LogP contribution in [0.25, 0.3) is 22.3 Å². The summed E-state index contributed by atoms with van der Waals surface area (Å²) in [5.41, 5.74) is 13.4. The van der Waals surface area contributed by atoms with Crippen molar-refractivity contribution in [2.24, 2.45) is 0 Å². The summed E-state index contributed by atoms with van der Waals surface area (Å²) < 4.78 is 1.08. The molecule has 0 aliphatic heterocycles. The van der Waals surface area contributed by atoms with Gasteiger partial charge in [0.05, 0.1) is 0 Å². The fourth-order valence-electron chi connectivity index (χ4n) is 7.47. The summed E-state index contributed by atoms with van der Waals surface area (Å²) in [6.45, 7) is 9.32. The second-order valence-corrected chi connectivity index (χ2v) is 15.8. The first-order valence-electron chi connectivity index (χ1n) is 17.7. The van der Waals surface area contributed by atoms with Gasteiger partial charge < -0.3 is 0 Å². The van der Waals surface area contributed by atoms with Crippen LogP contribution in [-0.2, 0) is 16.2 Å². The van der Waals surface area contributed by atoms with E-state index < -0.39 is 0 Å². The van der Waals surface area contributed by atoms with Crippen LogP contribution >= 0.6 is 15.9 Å². The summed E-state index contributed by atoms with van der Waals surface area (Å²) in [6.07, 6.45) is 8.06. The fourth-order valence-corrected chi connectivity index (χ4v) is 7.73. The van der Waals surface area contributed by atoms with Gasteiger partial charge in [0.15, 0.2) is 0 Å². The number of allylic oxidation sites excluding steroid dienone is 4. The number of halogens is 1. The lowest BCUT2D eigenvalue weighted by Gasteiger charge is -2.35. The topological polar surface area (TPSA) is 0 Å². The van der Waals surface area contributed by atoms with E-state index >= 15 is 0 Å². The predicted octanol–water partition coefficient (Wildman–Crippen LogP) is 10.8. The molecule has 6 aromatic carbocycles. The maximum absolute atomic E-state index is 5.98. The zero-order valence-electron chi connectivity index (χ0n) is 29.8. The van der Waals surface area contributed by atoms with E-state index in [0.717, 1.165) is 27.4 Å². The van der Waals surface area contributed by atoms with Crippen molar-refractivity contribution in [1.29, 1.82) is 0 Å². The Morgan fingerprint density at radius 3 is 1.31 bits per heavy atom. The standard InChI is InChI=1S/C48H41B2Br/c1-46(2,38-29-31-47(3,32-30-38)39-21-25-44(50)26-22-39)37-17-19-42(20-18-37)48(4,40-13-5-33(6-14-40)35-9-23-43(49)24-10-35)41-15-7-34(8-16-41)36-11-27-45(51)28-12-36/h5-31H,32H2,1-4H3. The molecule has 7 rings (SSSR count). The molecule has 4 radical (unpaired) electrons. The van der Waals surface area contributed by atoms with Crippen LogP contribution in [-0.4, -0.2) is 15.7 Å². The van der Waals surface area contributed by atoms with Crippen LogP contribution in [0.1, 0.15) is 61.9 Å². The van der Waals surface area contributed by atoms with E-state index in [1.54, 1.807) is 0 Å². The highest BCUT2D eigenvalue weighted by Gasteiger charge is 2.34. The molecule has 0 fully saturated rings. The van der Waals surface area contributed by atoms with Crippen LogP contribution < -0.4 is 10.9 Å². The van der Waals surface area contributed by atoms with Crippen LogP contribution in [0.4, 0.5) is 0 Å². The Morgan fingerprint density at radius 1 is 0.510 bits per heavy atom. The summed E-state index contributed by atoms with van der Waals surface area (Å²) in [6, 6.07) is 52.3. The molecule has 0 spiro atoms. The minimum Gasteiger partial charge on any atom is -0.0967 e. The molecule has 0 bridgehead atoms. The summed E-state index contributed by atoms with van der Waals surface area (Å²) in [5, 5.41) is 0. The highest BCUT2D eigenvalue weighted by atomic mass is 79.9. The first kappa shape index (κ1) is 34.8. The van der Waals surface area contributed by atoms with Crippen molar-refractivity contribution in [3.8, 4) is 22.3 Å². The van der Waals surface area contributed by atoms with Gasteiger partial charge in [0.2, 0.25) is 0 Å². The Labute approximate surface area is 315 Å². The number of rotatable bonds is 8. The molecule has 51 heavy (non-hydrogen) atoms. The molecule has 1 aliphatic rings. The van der Waals surface area contributed by atoms with Gasteiger partial charge in [0.25, 0.3) is 0 Å². The summed E-state index contributed by atoms with van der Waals surface area (Å²) in [4.78, 5) is 0. The van der Waals surface area contributed by atoms with Crippen molar-refractivity contribution in [2.45, 2.75) is 50.4 Å². The summed E-state index contributed by atoms with van der Waals surface area (Å²) >= 11 is 3.57. The van der Waals surface area contributed by atoms with Gasteiger partial charge in [-0.2, -0.15) is 0 Å². The van der Waals surface area contributed by atoms with Crippen LogP contribution in [0.15, 0.2) is 174 Å². The Bertz CT molecular complexity index is 2100. The average Bonchev–Trinajstić information content (AvgIpc) is 3.16. The van der Waals surface area contributed by atoms with E-state index in [1.807, 2.05) is 24.3 Å². The third-order valence-electron chi connectivity index (χ3n) is 11.2. The third-order valence-corrected chi connectivity index (χ3v) is 11.7. The van der Waals surface area contributed by atoms with Crippen molar-refractivity contribution in [2.75, 3.05) is 0 Å². The van der Waals surface area contributed by atoms with Gasteiger partial charge in [-0.05, 0) is 81.1 Å². The van der Waals surface area contributed by atoms with E-state index in [9.17, 15) is 0 Å². The van der Waals surface area contributed by atoms with Crippen molar-refractivity contribution in [3.63, 3.8) is 0 Å². The Kier molecular flexibility index (Phi) is 9.46. The highest BCUT2D eigenvalue weighted by molar-refractivity contribution is 9.10. The Morgan fingerprint density at radius 2 is 0.882 bits per heavy atom. The van der Waals surface area contributed by atoms with Gasteiger partial charge >= 0.3 is 0 Å². The lowest BCUT2D eigenvalue weighted by molar-refractivity contribution is 0.567. The largest absolute Gasteiger partial charge is 0.113 e. The second kappa shape index (κ2) is 13.9. The molecule has 2 atom stereocenters. The minimum atomic E-state index is -0.383. The van der Waals surface area contributed by atoms with E-state index in [2.05, 4.69) is 183 Å². The SMILES string of the molecule is [B]c1ccc(-c2ccc(C(C)(c3ccc(-c4ccc(Br)cc4)cc3)c3ccc(C(C)(C)C4=CCC(C)(c5ccc([B])cc5)C=C4)cc3)cc2)cc1. The molecule has 0 heterocycles. The van der Waals surface area contributed by atoms with E-state index in [-0.39, 0.29) is 16.2 Å². The molecule has 0 amide bonds. The first-order chi connectivity index (χ1) is 24.5. The minimum absolute atomic E-state index is 0.0464. The van der Waals surface area contributed by atoms with Gasteiger partial charge in [-0.3, -0.25) is 0 Å². The molecule has 6 aromatic rings. The molecule has 3 heteroatoms. The van der Waals surface area contributed by atoms with Crippen LogP contribution in [0.3, 0.4) is 0 Å². The van der Waals surface area contributed by atoms with Crippen LogP contribution in [0, 0.1) is 0 Å². The normalized spacial score (nSPS) is 17.1. The van der Waals surface area contributed by atoms with Gasteiger partial charge in [-0.15, -0.1) is 0 Å². The number of benzene rings is 6. The second-order valence-electron chi connectivity index (χ2n) is 14.8. The van der Waals surface area contributed by atoms with E-state index in [1.165, 1.54) is 50.1 Å². The lowest BCUT2D eigenvalue weighted by atomic mass is 9.68.